The molecule has 0 radical (unpaired) electrons. The quantitative estimate of drug-likeness (QED) is 0.930. The number of nitrogens with zero attached hydrogens (tertiary/aromatic N) is 1. The predicted octanol–water partition coefficient (Wildman–Crippen LogP) is 3.80. The number of benzene rings is 1. The molecule has 0 saturated carbocycles. The van der Waals surface area contributed by atoms with Gasteiger partial charge in [0.25, 0.3) is 0 Å². The van der Waals surface area contributed by atoms with E-state index in [1.807, 2.05) is 6.07 Å². The van der Waals surface area contributed by atoms with Crippen LogP contribution in [-0.2, 0) is 0 Å². The number of ether oxygens (including phenoxy) is 1. The summed E-state index contributed by atoms with van der Waals surface area (Å²) in [5.74, 6) is 2.17. The van der Waals surface area contributed by atoms with Crippen molar-refractivity contribution in [3.63, 3.8) is 0 Å². The number of hydrogen-bond donors (Lipinski definition) is 1. The molecule has 0 bridgehead atoms. The largest absolute Gasteiger partial charge is 0.493 e. The molecule has 2 heterocycles. The average Bonchev–Trinajstić information content (AvgIpc) is 2.89. The first kappa shape index (κ1) is 13.8. The monoisotopic (exact) mass is 290 g/mol. The van der Waals surface area contributed by atoms with Crippen LogP contribution in [0.2, 0.25) is 0 Å². The van der Waals surface area contributed by atoms with Crippen molar-refractivity contribution >= 4 is 21.6 Å². The lowest BCUT2D eigenvalue weighted by Crippen LogP contribution is -2.30. The summed E-state index contributed by atoms with van der Waals surface area (Å²) >= 11 is 1.78. The van der Waals surface area contributed by atoms with Crippen LogP contribution in [0.15, 0.2) is 18.2 Å². The first-order chi connectivity index (χ1) is 9.72. The zero-order valence-corrected chi connectivity index (χ0v) is 13.0. The number of nitrogens with one attached hydrogen (secondary N) is 1. The third-order valence-corrected chi connectivity index (χ3v) is 5.13. The predicted molar refractivity (Wildman–Crippen MR) is 84.8 cm³/mol. The molecule has 1 fully saturated rings. The Bertz CT molecular complexity index is 573. The molecule has 1 aliphatic rings. The lowest BCUT2D eigenvalue weighted by Gasteiger charge is -2.22. The van der Waals surface area contributed by atoms with E-state index in [9.17, 15) is 0 Å². The summed E-state index contributed by atoms with van der Waals surface area (Å²) in [6, 6.07) is 6.27. The van der Waals surface area contributed by atoms with Crippen LogP contribution in [-0.4, -0.2) is 24.7 Å². The number of rotatable bonds is 4. The highest BCUT2D eigenvalue weighted by molar-refractivity contribution is 7.18. The smallest absolute Gasteiger partial charge is 0.120 e. The van der Waals surface area contributed by atoms with E-state index >= 15 is 0 Å². The van der Waals surface area contributed by atoms with Gasteiger partial charge in [-0.05, 0) is 50.0 Å². The molecule has 4 heteroatoms. The van der Waals surface area contributed by atoms with Gasteiger partial charge in [0.2, 0.25) is 0 Å². The van der Waals surface area contributed by atoms with Gasteiger partial charge < -0.3 is 10.1 Å². The number of fused-ring (bicyclic) bond motifs is 1. The summed E-state index contributed by atoms with van der Waals surface area (Å²) in [7, 11) is 0. The van der Waals surface area contributed by atoms with E-state index in [0.29, 0.717) is 11.8 Å². The first-order valence-corrected chi connectivity index (χ1v) is 8.28. The van der Waals surface area contributed by atoms with Gasteiger partial charge in [0.1, 0.15) is 5.75 Å². The van der Waals surface area contributed by atoms with Crippen molar-refractivity contribution in [3.8, 4) is 5.75 Å². The van der Waals surface area contributed by atoms with Crippen molar-refractivity contribution in [3.05, 3.63) is 23.2 Å². The van der Waals surface area contributed by atoms with Crippen molar-refractivity contribution in [2.24, 2.45) is 5.92 Å². The third kappa shape index (κ3) is 3.13. The Morgan fingerprint density at radius 2 is 2.15 bits per heavy atom. The molecule has 1 saturated heterocycles. The lowest BCUT2D eigenvalue weighted by molar-refractivity contribution is 0.215. The second-order valence-electron chi connectivity index (χ2n) is 5.84. The van der Waals surface area contributed by atoms with Crippen LogP contribution in [0.25, 0.3) is 10.2 Å². The number of piperidine rings is 1. The van der Waals surface area contributed by atoms with Gasteiger partial charge in [0, 0.05) is 5.92 Å². The van der Waals surface area contributed by atoms with Crippen LogP contribution < -0.4 is 10.1 Å². The maximum absolute atomic E-state index is 5.97. The van der Waals surface area contributed by atoms with E-state index in [0.717, 1.165) is 31.0 Å². The van der Waals surface area contributed by atoms with Crippen molar-refractivity contribution in [2.45, 2.75) is 32.6 Å². The lowest BCUT2D eigenvalue weighted by atomic mass is 9.99. The topological polar surface area (TPSA) is 34.1 Å². The van der Waals surface area contributed by atoms with E-state index < -0.39 is 0 Å². The molecule has 2 aromatic rings. The van der Waals surface area contributed by atoms with E-state index in [-0.39, 0.29) is 0 Å². The maximum Gasteiger partial charge on any atom is 0.120 e. The Hall–Kier alpha value is -1.13. The molecule has 1 N–H and O–H groups in total. The number of aromatic nitrogens is 1. The summed E-state index contributed by atoms with van der Waals surface area (Å²) in [4.78, 5) is 4.66. The van der Waals surface area contributed by atoms with Gasteiger partial charge in [-0.2, -0.15) is 0 Å². The normalized spacial score (nSPS) is 16.9. The van der Waals surface area contributed by atoms with Crippen molar-refractivity contribution in [1.29, 1.82) is 0 Å². The molecule has 20 heavy (non-hydrogen) atoms. The Balaban J connectivity index is 1.68. The summed E-state index contributed by atoms with van der Waals surface area (Å²) < 4.78 is 7.21. The molecule has 1 aromatic carbocycles. The molecule has 0 spiro atoms. The minimum absolute atomic E-state index is 0.492. The molecule has 108 valence electrons. The zero-order chi connectivity index (χ0) is 13.9. The van der Waals surface area contributed by atoms with Crippen LogP contribution in [0.5, 0.6) is 5.75 Å². The fourth-order valence-corrected chi connectivity index (χ4v) is 3.52. The van der Waals surface area contributed by atoms with Gasteiger partial charge in [-0.15, -0.1) is 11.3 Å². The molecule has 1 aliphatic heterocycles. The van der Waals surface area contributed by atoms with Crippen LogP contribution in [0.3, 0.4) is 0 Å². The molecule has 1 aromatic heterocycles. The minimum atomic E-state index is 0.492. The van der Waals surface area contributed by atoms with Gasteiger partial charge in [0.15, 0.2) is 0 Å². The van der Waals surface area contributed by atoms with E-state index in [1.165, 1.54) is 22.5 Å². The highest BCUT2D eigenvalue weighted by atomic mass is 32.1. The Morgan fingerprint density at radius 1 is 1.35 bits per heavy atom. The Kier molecular flexibility index (Phi) is 4.22. The van der Waals surface area contributed by atoms with E-state index in [4.69, 9.17) is 4.74 Å². The van der Waals surface area contributed by atoms with Gasteiger partial charge in [-0.25, -0.2) is 4.98 Å². The summed E-state index contributed by atoms with van der Waals surface area (Å²) in [5, 5.41) is 4.59. The molecule has 0 aliphatic carbocycles. The average molecular weight is 290 g/mol. The van der Waals surface area contributed by atoms with Crippen LogP contribution in [0.1, 0.15) is 37.6 Å². The maximum atomic E-state index is 5.97. The highest BCUT2D eigenvalue weighted by Gasteiger charge is 2.14. The van der Waals surface area contributed by atoms with E-state index in [2.05, 4.69) is 36.3 Å². The van der Waals surface area contributed by atoms with Gasteiger partial charge in [-0.1, -0.05) is 13.8 Å². The molecule has 3 nitrogen and oxygen atoms in total. The molecular weight excluding hydrogens is 268 g/mol. The molecule has 0 amide bonds. The highest BCUT2D eigenvalue weighted by Crippen LogP contribution is 2.30. The summed E-state index contributed by atoms with van der Waals surface area (Å²) in [6.07, 6.45) is 2.45. The fourth-order valence-electron chi connectivity index (χ4n) is 2.52. The second-order valence-corrected chi connectivity index (χ2v) is 6.90. The number of hydrogen-bond acceptors (Lipinski definition) is 4. The van der Waals surface area contributed by atoms with Gasteiger partial charge in [-0.3, -0.25) is 0 Å². The third-order valence-electron chi connectivity index (χ3n) is 3.81. The summed E-state index contributed by atoms with van der Waals surface area (Å²) in [6.45, 7) is 7.46. The van der Waals surface area contributed by atoms with Crippen LogP contribution >= 0.6 is 11.3 Å². The van der Waals surface area contributed by atoms with E-state index in [1.54, 1.807) is 11.3 Å². The Morgan fingerprint density at radius 3 is 2.90 bits per heavy atom. The standard InChI is InChI=1S/C16H22N2OS/c1-11(2)16-18-14-4-3-13(9-15(14)20-16)19-10-12-5-7-17-8-6-12/h3-4,9,11-12,17H,5-8,10H2,1-2H3. The SMILES string of the molecule is CC(C)c1nc2ccc(OCC3CCNCC3)cc2s1. The van der Waals surface area contributed by atoms with Crippen molar-refractivity contribution in [1.82, 2.24) is 10.3 Å². The van der Waals surface area contributed by atoms with Gasteiger partial charge in [0.05, 0.1) is 21.8 Å². The number of thiazole rings is 1. The zero-order valence-electron chi connectivity index (χ0n) is 12.2. The molecule has 0 atom stereocenters. The molecular formula is C16H22N2OS. The second kappa shape index (κ2) is 6.10. The Labute approximate surface area is 124 Å². The first-order valence-electron chi connectivity index (χ1n) is 7.46. The molecule has 3 rings (SSSR count). The van der Waals surface area contributed by atoms with Crippen molar-refractivity contribution < 1.29 is 4.74 Å². The van der Waals surface area contributed by atoms with Crippen LogP contribution in [0, 0.1) is 5.92 Å². The van der Waals surface area contributed by atoms with Crippen LogP contribution in [0.4, 0.5) is 0 Å². The molecule has 0 unspecified atom stereocenters. The fraction of sp³-hybridized carbons (Fsp3) is 0.562. The minimum Gasteiger partial charge on any atom is -0.493 e. The summed E-state index contributed by atoms with van der Waals surface area (Å²) in [5.41, 5.74) is 1.09. The van der Waals surface area contributed by atoms with Crippen molar-refractivity contribution in [2.75, 3.05) is 19.7 Å². The van der Waals surface area contributed by atoms with Gasteiger partial charge >= 0.3 is 0 Å².